The first-order valence-electron chi connectivity index (χ1n) is 6.54. The lowest BCUT2D eigenvalue weighted by Crippen LogP contribution is -2.45. The highest BCUT2D eigenvalue weighted by atomic mass is 32.2. The Morgan fingerprint density at radius 1 is 1.32 bits per heavy atom. The number of nitrogen functional groups attached to an aromatic ring is 1. The summed E-state index contributed by atoms with van der Waals surface area (Å²) in [6, 6.07) is 6.58. The lowest BCUT2D eigenvalue weighted by molar-refractivity contribution is 0.198. The molecule has 0 aliphatic heterocycles. The molecule has 6 heteroatoms. The molecule has 1 fully saturated rings. The summed E-state index contributed by atoms with van der Waals surface area (Å²) in [6.45, 7) is 0.334. The fourth-order valence-electron chi connectivity index (χ4n) is 2.24. The Balaban J connectivity index is 2.31. The SMILES string of the molecule is Nc1ccccc1S(=O)(=O)N(CCCO)C1CCC1. The molecule has 3 N–H and O–H groups in total. The molecular formula is C13H20N2O3S. The molecule has 1 aliphatic carbocycles. The Kier molecular flexibility index (Phi) is 4.44. The van der Waals surface area contributed by atoms with Crippen LogP contribution in [0.15, 0.2) is 29.2 Å². The van der Waals surface area contributed by atoms with Crippen molar-refractivity contribution in [2.45, 2.75) is 36.6 Å². The van der Waals surface area contributed by atoms with Crippen molar-refractivity contribution in [3.05, 3.63) is 24.3 Å². The highest BCUT2D eigenvalue weighted by molar-refractivity contribution is 7.89. The second-order valence-electron chi connectivity index (χ2n) is 4.82. The quantitative estimate of drug-likeness (QED) is 0.769. The maximum Gasteiger partial charge on any atom is 0.245 e. The van der Waals surface area contributed by atoms with Crippen LogP contribution in [-0.4, -0.2) is 37.0 Å². The summed E-state index contributed by atoms with van der Waals surface area (Å²) in [7, 11) is -3.57. The molecule has 5 nitrogen and oxygen atoms in total. The molecule has 0 aromatic heterocycles. The number of rotatable bonds is 6. The van der Waals surface area contributed by atoms with Crippen LogP contribution in [0.5, 0.6) is 0 Å². The monoisotopic (exact) mass is 284 g/mol. The summed E-state index contributed by atoms with van der Waals surface area (Å²) < 4.78 is 26.8. The standard InChI is InChI=1S/C13H20N2O3S/c14-12-7-1-2-8-13(12)19(17,18)15(9-4-10-16)11-5-3-6-11/h1-2,7-8,11,16H,3-6,9-10,14H2. The summed E-state index contributed by atoms with van der Waals surface area (Å²) in [5, 5.41) is 8.93. The second-order valence-corrected chi connectivity index (χ2v) is 6.67. The van der Waals surface area contributed by atoms with Crippen molar-refractivity contribution in [1.82, 2.24) is 4.31 Å². The van der Waals surface area contributed by atoms with Crippen LogP contribution in [0.2, 0.25) is 0 Å². The maximum absolute atomic E-state index is 12.7. The van der Waals surface area contributed by atoms with Crippen LogP contribution in [0.4, 0.5) is 5.69 Å². The number of aliphatic hydroxyl groups excluding tert-OH is 1. The molecule has 106 valence electrons. The van der Waals surface area contributed by atoms with E-state index in [9.17, 15) is 8.42 Å². The molecule has 1 aromatic carbocycles. The van der Waals surface area contributed by atoms with E-state index in [1.807, 2.05) is 0 Å². The fourth-order valence-corrected chi connectivity index (χ4v) is 4.08. The topological polar surface area (TPSA) is 83.6 Å². The summed E-state index contributed by atoms with van der Waals surface area (Å²) in [4.78, 5) is 0.167. The van der Waals surface area contributed by atoms with Gasteiger partial charge in [0.15, 0.2) is 0 Å². The number of nitrogens with zero attached hydrogens (tertiary/aromatic N) is 1. The first-order valence-corrected chi connectivity index (χ1v) is 7.98. The molecule has 0 heterocycles. The van der Waals surface area contributed by atoms with Crippen LogP contribution in [0.3, 0.4) is 0 Å². The Bertz CT molecular complexity index is 526. The average molecular weight is 284 g/mol. The second kappa shape index (κ2) is 5.90. The van der Waals surface area contributed by atoms with E-state index in [-0.39, 0.29) is 23.2 Å². The van der Waals surface area contributed by atoms with Crippen molar-refractivity contribution in [1.29, 1.82) is 0 Å². The van der Waals surface area contributed by atoms with Crippen molar-refractivity contribution >= 4 is 15.7 Å². The first kappa shape index (κ1) is 14.3. The van der Waals surface area contributed by atoms with Gasteiger partial charge in [0.2, 0.25) is 10.0 Å². The Morgan fingerprint density at radius 2 is 2.00 bits per heavy atom. The van der Waals surface area contributed by atoms with Crippen molar-refractivity contribution in [2.24, 2.45) is 0 Å². The highest BCUT2D eigenvalue weighted by Crippen LogP contribution is 2.31. The van der Waals surface area contributed by atoms with Gasteiger partial charge in [-0.2, -0.15) is 4.31 Å². The van der Waals surface area contributed by atoms with Crippen LogP contribution in [0.1, 0.15) is 25.7 Å². The summed E-state index contributed by atoms with van der Waals surface area (Å²) in [5.41, 5.74) is 6.05. The molecule has 0 atom stereocenters. The van der Waals surface area contributed by atoms with E-state index in [0.29, 0.717) is 13.0 Å². The summed E-state index contributed by atoms with van der Waals surface area (Å²) in [5.74, 6) is 0. The Morgan fingerprint density at radius 3 is 2.53 bits per heavy atom. The maximum atomic E-state index is 12.7. The highest BCUT2D eigenvalue weighted by Gasteiger charge is 2.35. The number of sulfonamides is 1. The number of hydrogen-bond acceptors (Lipinski definition) is 4. The smallest absolute Gasteiger partial charge is 0.245 e. The predicted octanol–water partition coefficient (Wildman–Crippen LogP) is 1.19. The lowest BCUT2D eigenvalue weighted by Gasteiger charge is -2.36. The van der Waals surface area contributed by atoms with Gasteiger partial charge in [0, 0.05) is 19.2 Å². The van der Waals surface area contributed by atoms with Crippen molar-refractivity contribution < 1.29 is 13.5 Å². The van der Waals surface area contributed by atoms with Crippen LogP contribution < -0.4 is 5.73 Å². The van der Waals surface area contributed by atoms with Gasteiger partial charge in [-0.25, -0.2) is 8.42 Å². The van der Waals surface area contributed by atoms with Gasteiger partial charge in [-0.3, -0.25) is 0 Å². The molecule has 1 aromatic rings. The number of anilines is 1. The third-order valence-electron chi connectivity index (χ3n) is 3.52. The van der Waals surface area contributed by atoms with E-state index in [2.05, 4.69) is 0 Å². The molecule has 0 spiro atoms. The lowest BCUT2D eigenvalue weighted by atomic mass is 9.93. The third kappa shape index (κ3) is 2.91. The summed E-state index contributed by atoms with van der Waals surface area (Å²) in [6.07, 6.45) is 3.28. The molecular weight excluding hydrogens is 264 g/mol. The summed E-state index contributed by atoms with van der Waals surface area (Å²) >= 11 is 0. The fraction of sp³-hybridized carbons (Fsp3) is 0.538. The number of para-hydroxylation sites is 1. The van der Waals surface area contributed by atoms with Gasteiger partial charge >= 0.3 is 0 Å². The molecule has 0 radical (unpaired) electrons. The molecule has 19 heavy (non-hydrogen) atoms. The van der Waals surface area contributed by atoms with E-state index in [0.717, 1.165) is 19.3 Å². The van der Waals surface area contributed by atoms with Gasteiger partial charge in [-0.1, -0.05) is 18.6 Å². The zero-order valence-electron chi connectivity index (χ0n) is 10.8. The molecule has 0 bridgehead atoms. The normalized spacial score (nSPS) is 16.5. The van der Waals surface area contributed by atoms with Gasteiger partial charge in [0.1, 0.15) is 4.90 Å². The first-order chi connectivity index (χ1) is 9.07. The van der Waals surface area contributed by atoms with Crippen LogP contribution in [0.25, 0.3) is 0 Å². The van der Waals surface area contributed by atoms with E-state index in [1.54, 1.807) is 18.2 Å². The van der Waals surface area contributed by atoms with E-state index in [4.69, 9.17) is 10.8 Å². The minimum atomic E-state index is -3.57. The number of nitrogens with two attached hydrogens (primary N) is 1. The Labute approximate surface area is 114 Å². The van der Waals surface area contributed by atoms with Crippen LogP contribution in [0, 0.1) is 0 Å². The molecule has 0 amide bonds. The number of hydrogen-bond donors (Lipinski definition) is 2. The molecule has 0 saturated heterocycles. The molecule has 0 unspecified atom stereocenters. The van der Waals surface area contributed by atoms with Crippen molar-refractivity contribution in [2.75, 3.05) is 18.9 Å². The van der Waals surface area contributed by atoms with Gasteiger partial charge in [-0.05, 0) is 31.4 Å². The molecule has 2 rings (SSSR count). The largest absolute Gasteiger partial charge is 0.398 e. The van der Waals surface area contributed by atoms with Gasteiger partial charge < -0.3 is 10.8 Å². The molecule has 1 saturated carbocycles. The number of benzene rings is 1. The zero-order chi connectivity index (χ0) is 13.9. The van der Waals surface area contributed by atoms with E-state index >= 15 is 0 Å². The van der Waals surface area contributed by atoms with Crippen LogP contribution >= 0.6 is 0 Å². The van der Waals surface area contributed by atoms with Crippen molar-refractivity contribution in [3.8, 4) is 0 Å². The van der Waals surface area contributed by atoms with Crippen LogP contribution in [-0.2, 0) is 10.0 Å². The minimum Gasteiger partial charge on any atom is -0.398 e. The third-order valence-corrected chi connectivity index (χ3v) is 5.55. The predicted molar refractivity (Wildman–Crippen MR) is 74.1 cm³/mol. The Hall–Kier alpha value is -1.11. The number of aliphatic hydroxyl groups is 1. The van der Waals surface area contributed by atoms with E-state index in [1.165, 1.54) is 10.4 Å². The average Bonchev–Trinajstić information content (AvgIpc) is 2.32. The van der Waals surface area contributed by atoms with Crippen molar-refractivity contribution in [3.63, 3.8) is 0 Å². The molecule has 1 aliphatic rings. The van der Waals surface area contributed by atoms with Gasteiger partial charge in [0.05, 0.1) is 5.69 Å². The minimum absolute atomic E-state index is 0.0109. The van der Waals surface area contributed by atoms with Gasteiger partial charge in [-0.15, -0.1) is 0 Å². The van der Waals surface area contributed by atoms with Gasteiger partial charge in [0.25, 0.3) is 0 Å². The zero-order valence-corrected chi connectivity index (χ0v) is 11.6. The van der Waals surface area contributed by atoms with E-state index < -0.39 is 10.0 Å².